The minimum Gasteiger partial charge on any atom is -0.250 e. The first-order valence-corrected chi connectivity index (χ1v) is 12.4. The summed E-state index contributed by atoms with van der Waals surface area (Å²) in [5.41, 5.74) is 1.50. The maximum atomic E-state index is 3.29. The van der Waals surface area contributed by atoms with Gasteiger partial charge in [-0.3, -0.25) is 4.98 Å². The standard InChI is InChI=1S/C27H44N2/c1-3-5-7-9-11-15-19-26(23-25-17-13-12-14-18-25)27(29-22-21-28-24-29)20-16-10-8-6-4-2/h12-14,17-18,21-22,24,26-27H,3-11,15-16,19-20,23H2,1-2H3/p+1. The van der Waals surface area contributed by atoms with Crippen LogP contribution in [-0.2, 0) is 6.42 Å². The fourth-order valence-corrected chi connectivity index (χ4v) is 4.63. The maximum absolute atomic E-state index is 3.29. The first-order chi connectivity index (χ1) is 14.3. The smallest absolute Gasteiger partial charge is 0.241 e. The van der Waals surface area contributed by atoms with Gasteiger partial charge in [0.1, 0.15) is 18.4 Å². The van der Waals surface area contributed by atoms with Crippen LogP contribution in [0.25, 0.3) is 0 Å². The molecule has 2 rings (SSSR count). The molecule has 29 heavy (non-hydrogen) atoms. The molecular weight excluding hydrogens is 352 g/mol. The van der Waals surface area contributed by atoms with E-state index < -0.39 is 0 Å². The van der Waals surface area contributed by atoms with E-state index in [1.54, 1.807) is 0 Å². The molecule has 1 aromatic heterocycles. The van der Waals surface area contributed by atoms with E-state index >= 15 is 0 Å². The second-order valence-electron chi connectivity index (χ2n) is 8.84. The van der Waals surface area contributed by atoms with Crippen molar-refractivity contribution >= 4 is 0 Å². The van der Waals surface area contributed by atoms with Crippen molar-refractivity contribution < 1.29 is 4.57 Å². The lowest BCUT2D eigenvalue weighted by Gasteiger charge is -2.25. The summed E-state index contributed by atoms with van der Waals surface area (Å²) in [4.78, 5) is 3.29. The number of nitrogens with zero attached hydrogens (tertiary/aromatic N) is 1. The number of nitrogens with one attached hydrogen (secondary N) is 1. The number of hydrogen-bond acceptors (Lipinski definition) is 0. The summed E-state index contributed by atoms with van der Waals surface area (Å²) >= 11 is 0. The van der Waals surface area contributed by atoms with Crippen LogP contribution >= 0.6 is 0 Å². The van der Waals surface area contributed by atoms with Crippen molar-refractivity contribution in [2.45, 2.75) is 110 Å². The van der Waals surface area contributed by atoms with Crippen molar-refractivity contribution in [3.8, 4) is 0 Å². The summed E-state index contributed by atoms with van der Waals surface area (Å²) in [5, 5.41) is 0. The van der Waals surface area contributed by atoms with Gasteiger partial charge in [-0.25, -0.2) is 4.57 Å². The third kappa shape index (κ3) is 9.65. The van der Waals surface area contributed by atoms with Crippen LogP contribution in [0.5, 0.6) is 0 Å². The van der Waals surface area contributed by atoms with E-state index in [-0.39, 0.29) is 0 Å². The van der Waals surface area contributed by atoms with E-state index in [0.717, 1.165) is 5.92 Å². The van der Waals surface area contributed by atoms with E-state index in [1.807, 2.05) is 0 Å². The van der Waals surface area contributed by atoms with E-state index in [9.17, 15) is 0 Å². The number of aromatic amines is 1. The molecular formula is C27H45N2+. The Morgan fingerprint density at radius 2 is 1.38 bits per heavy atom. The second kappa shape index (κ2) is 15.3. The predicted molar refractivity (Wildman–Crippen MR) is 125 cm³/mol. The zero-order valence-electron chi connectivity index (χ0n) is 19.1. The van der Waals surface area contributed by atoms with E-state index in [0.29, 0.717) is 6.04 Å². The van der Waals surface area contributed by atoms with Crippen LogP contribution in [0.1, 0.15) is 109 Å². The third-order valence-electron chi connectivity index (χ3n) is 6.37. The molecule has 0 amide bonds. The molecule has 2 nitrogen and oxygen atoms in total. The van der Waals surface area contributed by atoms with Crippen LogP contribution in [0.4, 0.5) is 0 Å². The molecule has 1 heterocycles. The Bertz CT molecular complexity index is 590. The molecule has 2 atom stereocenters. The van der Waals surface area contributed by atoms with Gasteiger partial charge in [0.2, 0.25) is 6.33 Å². The average Bonchev–Trinajstić information content (AvgIpc) is 3.28. The van der Waals surface area contributed by atoms with Gasteiger partial charge < -0.3 is 0 Å². The minimum absolute atomic E-state index is 0.610. The number of imidazole rings is 1. The van der Waals surface area contributed by atoms with Gasteiger partial charge in [-0.05, 0) is 31.2 Å². The van der Waals surface area contributed by atoms with Crippen LogP contribution in [0.2, 0.25) is 0 Å². The number of aromatic nitrogens is 2. The highest BCUT2D eigenvalue weighted by molar-refractivity contribution is 5.15. The van der Waals surface area contributed by atoms with Crippen molar-refractivity contribution in [2.24, 2.45) is 5.92 Å². The SMILES string of the molecule is CCCCCCCCC(Cc1ccccc1)C(CCCCCCC)[n+]1cc[nH]c1. The number of H-pyrrole nitrogens is 1. The predicted octanol–water partition coefficient (Wildman–Crippen LogP) is 7.81. The first kappa shape index (κ1) is 23.7. The van der Waals surface area contributed by atoms with Gasteiger partial charge in [-0.2, -0.15) is 0 Å². The Morgan fingerprint density at radius 1 is 0.759 bits per heavy atom. The highest BCUT2D eigenvalue weighted by atomic mass is 15.1. The Morgan fingerprint density at radius 3 is 2.00 bits per heavy atom. The van der Waals surface area contributed by atoms with Crippen molar-refractivity contribution in [3.63, 3.8) is 0 Å². The van der Waals surface area contributed by atoms with Crippen LogP contribution in [0.15, 0.2) is 49.1 Å². The zero-order chi connectivity index (χ0) is 20.6. The minimum atomic E-state index is 0.610. The lowest BCUT2D eigenvalue weighted by molar-refractivity contribution is -0.730. The molecule has 162 valence electrons. The molecule has 0 bridgehead atoms. The van der Waals surface area contributed by atoms with Crippen molar-refractivity contribution in [1.29, 1.82) is 0 Å². The third-order valence-corrected chi connectivity index (χ3v) is 6.37. The van der Waals surface area contributed by atoms with Gasteiger partial charge in [0, 0.05) is 5.92 Å². The van der Waals surface area contributed by atoms with Gasteiger partial charge in [0.25, 0.3) is 0 Å². The van der Waals surface area contributed by atoms with Gasteiger partial charge >= 0.3 is 0 Å². The number of unbranched alkanes of at least 4 members (excludes halogenated alkanes) is 9. The Labute approximate surface area is 180 Å². The van der Waals surface area contributed by atoms with Gasteiger partial charge in [0.05, 0.1) is 0 Å². The molecule has 2 heteroatoms. The van der Waals surface area contributed by atoms with Crippen molar-refractivity contribution in [2.75, 3.05) is 0 Å². The summed E-state index contributed by atoms with van der Waals surface area (Å²) in [7, 11) is 0. The van der Waals surface area contributed by atoms with Crippen LogP contribution in [0, 0.1) is 5.92 Å². The van der Waals surface area contributed by atoms with Gasteiger partial charge in [-0.1, -0.05) is 108 Å². The summed E-state index contributed by atoms with van der Waals surface area (Å²) in [6.45, 7) is 4.60. The normalized spacial score (nSPS) is 13.4. The molecule has 1 N–H and O–H groups in total. The maximum Gasteiger partial charge on any atom is 0.241 e. The summed E-state index contributed by atoms with van der Waals surface area (Å²) in [6.07, 6.45) is 25.5. The molecule has 0 saturated carbocycles. The Kier molecular flexibility index (Phi) is 12.5. The molecule has 0 radical (unpaired) electrons. The van der Waals surface area contributed by atoms with Crippen molar-refractivity contribution in [3.05, 3.63) is 54.6 Å². The molecule has 0 aliphatic carbocycles. The summed E-state index contributed by atoms with van der Waals surface area (Å²) in [5.74, 6) is 0.718. The highest BCUT2D eigenvalue weighted by Crippen LogP contribution is 2.29. The highest BCUT2D eigenvalue weighted by Gasteiger charge is 2.26. The molecule has 0 spiro atoms. The fraction of sp³-hybridized carbons (Fsp3) is 0.667. The van der Waals surface area contributed by atoms with Crippen LogP contribution in [-0.4, -0.2) is 4.98 Å². The lowest BCUT2D eigenvalue weighted by Crippen LogP contribution is -2.42. The zero-order valence-corrected chi connectivity index (χ0v) is 19.1. The lowest BCUT2D eigenvalue weighted by atomic mass is 9.84. The molecule has 0 aliphatic heterocycles. The topological polar surface area (TPSA) is 19.7 Å². The van der Waals surface area contributed by atoms with Crippen LogP contribution in [0.3, 0.4) is 0 Å². The van der Waals surface area contributed by atoms with E-state index in [4.69, 9.17) is 0 Å². The molecule has 0 aliphatic rings. The summed E-state index contributed by atoms with van der Waals surface area (Å²) in [6, 6.07) is 11.8. The first-order valence-electron chi connectivity index (χ1n) is 12.4. The van der Waals surface area contributed by atoms with E-state index in [1.165, 1.54) is 95.5 Å². The molecule has 0 fully saturated rings. The Balaban J connectivity index is 1.99. The monoisotopic (exact) mass is 397 g/mol. The number of hydrogen-bond donors (Lipinski definition) is 1. The number of benzene rings is 1. The van der Waals surface area contributed by atoms with Gasteiger partial charge in [-0.15, -0.1) is 0 Å². The van der Waals surface area contributed by atoms with Crippen LogP contribution < -0.4 is 4.57 Å². The molecule has 0 saturated heterocycles. The Hall–Kier alpha value is -1.57. The second-order valence-corrected chi connectivity index (χ2v) is 8.84. The summed E-state index contributed by atoms with van der Waals surface area (Å²) < 4.78 is 2.46. The number of rotatable bonds is 17. The molecule has 2 unspecified atom stereocenters. The van der Waals surface area contributed by atoms with E-state index in [2.05, 4.69) is 72.5 Å². The molecule has 1 aromatic carbocycles. The van der Waals surface area contributed by atoms with Crippen molar-refractivity contribution in [1.82, 2.24) is 4.98 Å². The largest absolute Gasteiger partial charge is 0.250 e. The van der Waals surface area contributed by atoms with Gasteiger partial charge in [0.15, 0.2) is 0 Å². The quantitative estimate of drug-likeness (QED) is 0.207. The fourth-order valence-electron chi connectivity index (χ4n) is 4.63. The molecule has 2 aromatic rings. The average molecular weight is 398 g/mol.